The summed E-state index contributed by atoms with van der Waals surface area (Å²) < 4.78 is 5.54. The van der Waals surface area contributed by atoms with Crippen LogP contribution in [0.25, 0.3) is 0 Å². The minimum absolute atomic E-state index is 0.507. The number of benzene rings is 2. The summed E-state index contributed by atoms with van der Waals surface area (Å²) in [6.07, 6.45) is 4.59. The molecule has 2 aromatic rings. The Morgan fingerprint density at radius 1 is 0.762 bits per heavy atom. The van der Waals surface area contributed by atoms with Crippen molar-refractivity contribution >= 4 is 12.6 Å². The molecule has 0 radical (unpaired) electrons. The molecule has 2 aromatic carbocycles. The second-order valence-electron chi connectivity index (χ2n) is 5.41. The van der Waals surface area contributed by atoms with Crippen LogP contribution in [0.4, 0.5) is 0 Å². The summed E-state index contributed by atoms with van der Waals surface area (Å²) in [5.41, 5.74) is 2.82. The van der Waals surface area contributed by atoms with Gasteiger partial charge in [-0.25, -0.2) is 0 Å². The Labute approximate surface area is 133 Å². The van der Waals surface area contributed by atoms with Crippen molar-refractivity contribution in [1.82, 2.24) is 0 Å². The highest BCUT2D eigenvalue weighted by atomic mass is 32.1. The molecule has 0 aromatic heterocycles. The Kier molecular flexibility index (Phi) is 7.41. The molecule has 2 heteroatoms. The zero-order chi connectivity index (χ0) is 14.8. The van der Waals surface area contributed by atoms with Gasteiger partial charge in [-0.05, 0) is 42.7 Å². The molecule has 1 nitrogen and oxygen atoms in total. The van der Waals surface area contributed by atoms with Gasteiger partial charge >= 0.3 is 0 Å². The molecule has 0 fully saturated rings. The molecule has 0 saturated carbocycles. The molecule has 112 valence electrons. The zero-order valence-electron chi connectivity index (χ0n) is 12.4. The van der Waals surface area contributed by atoms with E-state index >= 15 is 0 Å². The van der Waals surface area contributed by atoms with E-state index in [0.717, 1.165) is 19.4 Å². The van der Waals surface area contributed by atoms with Crippen LogP contribution in [-0.4, -0.2) is 12.5 Å². The van der Waals surface area contributed by atoms with Gasteiger partial charge in [0.25, 0.3) is 0 Å². The van der Waals surface area contributed by atoms with Crippen molar-refractivity contribution in [3.05, 3.63) is 71.8 Å². The SMILES string of the molecule is SCOCC(CCc1ccccc1)CCc1ccccc1. The lowest BCUT2D eigenvalue weighted by Gasteiger charge is -2.16. The third-order valence-corrected chi connectivity index (χ3v) is 4.00. The fraction of sp³-hybridized carbons (Fsp3) is 0.368. The first-order valence-electron chi connectivity index (χ1n) is 7.65. The highest BCUT2D eigenvalue weighted by Crippen LogP contribution is 2.17. The molecule has 0 aliphatic rings. The quantitative estimate of drug-likeness (QED) is 0.518. The minimum Gasteiger partial charge on any atom is -0.371 e. The van der Waals surface area contributed by atoms with Crippen molar-refractivity contribution in [2.24, 2.45) is 5.92 Å². The van der Waals surface area contributed by atoms with Crippen molar-refractivity contribution in [3.8, 4) is 0 Å². The summed E-state index contributed by atoms with van der Waals surface area (Å²) in [6.45, 7) is 0.809. The minimum atomic E-state index is 0.507. The maximum Gasteiger partial charge on any atom is 0.0892 e. The summed E-state index contributed by atoms with van der Waals surface area (Å²) in [5, 5.41) is 0. The molecule has 0 bridgehead atoms. The fourth-order valence-corrected chi connectivity index (χ4v) is 2.67. The van der Waals surface area contributed by atoms with E-state index in [1.54, 1.807) is 0 Å². The van der Waals surface area contributed by atoms with Crippen molar-refractivity contribution in [2.45, 2.75) is 25.7 Å². The van der Waals surface area contributed by atoms with Crippen molar-refractivity contribution in [2.75, 3.05) is 12.5 Å². The monoisotopic (exact) mass is 300 g/mol. The summed E-state index contributed by atoms with van der Waals surface area (Å²) in [7, 11) is 0. The van der Waals surface area contributed by atoms with E-state index in [1.165, 1.54) is 24.0 Å². The Morgan fingerprint density at radius 3 is 1.67 bits per heavy atom. The van der Waals surface area contributed by atoms with Gasteiger partial charge in [-0.15, -0.1) is 0 Å². The van der Waals surface area contributed by atoms with Gasteiger partial charge in [-0.3, -0.25) is 0 Å². The average Bonchev–Trinajstić information content (AvgIpc) is 2.56. The van der Waals surface area contributed by atoms with Crippen LogP contribution in [0, 0.1) is 5.92 Å². The van der Waals surface area contributed by atoms with E-state index in [2.05, 4.69) is 73.3 Å². The van der Waals surface area contributed by atoms with Crippen LogP contribution >= 0.6 is 12.6 Å². The topological polar surface area (TPSA) is 9.23 Å². The summed E-state index contributed by atoms with van der Waals surface area (Å²) in [4.78, 5) is 0. The first kappa shape index (κ1) is 16.1. The molecule has 0 heterocycles. The number of ether oxygens (including phenoxy) is 1. The molecule has 0 N–H and O–H groups in total. The molecule has 0 aliphatic carbocycles. The van der Waals surface area contributed by atoms with Gasteiger partial charge in [0.15, 0.2) is 0 Å². The third kappa shape index (κ3) is 6.36. The Bertz CT molecular complexity index is 440. The van der Waals surface area contributed by atoms with E-state index in [1.807, 2.05) is 0 Å². The number of hydrogen-bond donors (Lipinski definition) is 1. The summed E-state index contributed by atoms with van der Waals surface area (Å²) >= 11 is 4.15. The molecule has 0 spiro atoms. The van der Waals surface area contributed by atoms with Crippen LogP contribution in [0.5, 0.6) is 0 Å². The lowest BCUT2D eigenvalue weighted by molar-refractivity contribution is 0.132. The van der Waals surface area contributed by atoms with E-state index in [0.29, 0.717) is 11.9 Å². The lowest BCUT2D eigenvalue weighted by atomic mass is 9.94. The van der Waals surface area contributed by atoms with Gasteiger partial charge in [0, 0.05) is 0 Å². The second-order valence-corrected chi connectivity index (χ2v) is 5.67. The fourth-order valence-electron chi connectivity index (χ4n) is 2.56. The van der Waals surface area contributed by atoms with Crippen LogP contribution in [0.2, 0.25) is 0 Å². The normalized spacial score (nSPS) is 11.0. The first-order chi connectivity index (χ1) is 10.4. The van der Waals surface area contributed by atoms with E-state index in [4.69, 9.17) is 4.74 Å². The Balaban J connectivity index is 1.82. The predicted molar refractivity (Wildman–Crippen MR) is 92.8 cm³/mol. The third-order valence-electron chi connectivity index (χ3n) is 3.81. The number of aryl methyl sites for hydroxylation is 2. The summed E-state index contributed by atoms with van der Waals surface area (Å²) in [6, 6.07) is 21.4. The van der Waals surface area contributed by atoms with Gasteiger partial charge in [-0.2, -0.15) is 12.6 Å². The van der Waals surface area contributed by atoms with Crippen molar-refractivity contribution in [3.63, 3.8) is 0 Å². The van der Waals surface area contributed by atoms with E-state index in [-0.39, 0.29) is 0 Å². The average molecular weight is 300 g/mol. The molecule has 2 rings (SSSR count). The highest BCUT2D eigenvalue weighted by molar-refractivity contribution is 7.80. The summed E-state index contributed by atoms with van der Waals surface area (Å²) in [5.74, 6) is 1.10. The zero-order valence-corrected chi connectivity index (χ0v) is 13.3. The first-order valence-corrected chi connectivity index (χ1v) is 8.28. The van der Waals surface area contributed by atoms with Gasteiger partial charge in [0.05, 0.1) is 12.5 Å². The smallest absolute Gasteiger partial charge is 0.0892 e. The van der Waals surface area contributed by atoms with Crippen LogP contribution in [0.1, 0.15) is 24.0 Å². The number of hydrogen-bond acceptors (Lipinski definition) is 2. The highest BCUT2D eigenvalue weighted by Gasteiger charge is 2.10. The van der Waals surface area contributed by atoms with Gasteiger partial charge in [-0.1, -0.05) is 60.7 Å². The largest absolute Gasteiger partial charge is 0.371 e. The Hall–Kier alpha value is -1.25. The standard InChI is InChI=1S/C19H24OS/c21-16-20-15-19(13-11-17-7-3-1-4-8-17)14-12-18-9-5-2-6-10-18/h1-10,19,21H,11-16H2. The molecule has 0 amide bonds. The van der Waals surface area contributed by atoms with Crippen LogP contribution < -0.4 is 0 Å². The maximum absolute atomic E-state index is 5.54. The van der Waals surface area contributed by atoms with E-state index in [9.17, 15) is 0 Å². The predicted octanol–water partition coefficient (Wildman–Crippen LogP) is 4.77. The molecule has 0 atom stereocenters. The molecular weight excluding hydrogens is 276 g/mol. The van der Waals surface area contributed by atoms with Gasteiger partial charge in [0.1, 0.15) is 0 Å². The van der Waals surface area contributed by atoms with Gasteiger partial charge in [0.2, 0.25) is 0 Å². The molecular formula is C19H24OS. The van der Waals surface area contributed by atoms with Gasteiger partial charge < -0.3 is 4.74 Å². The molecule has 0 unspecified atom stereocenters. The Morgan fingerprint density at radius 2 is 1.24 bits per heavy atom. The molecule has 0 aliphatic heterocycles. The van der Waals surface area contributed by atoms with Crippen molar-refractivity contribution < 1.29 is 4.74 Å². The van der Waals surface area contributed by atoms with Crippen LogP contribution in [0.15, 0.2) is 60.7 Å². The number of thiol groups is 1. The maximum atomic E-state index is 5.54. The van der Waals surface area contributed by atoms with Crippen molar-refractivity contribution in [1.29, 1.82) is 0 Å². The van der Waals surface area contributed by atoms with Crippen LogP contribution in [-0.2, 0) is 17.6 Å². The molecule has 21 heavy (non-hydrogen) atoms. The second kappa shape index (κ2) is 9.64. The van der Waals surface area contributed by atoms with Crippen LogP contribution in [0.3, 0.4) is 0 Å². The number of rotatable bonds is 9. The van der Waals surface area contributed by atoms with E-state index < -0.39 is 0 Å². The molecule has 0 saturated heterocycles. The lowest BCUT2D eigenvalue weighted by Crippen LogP contribution is -2.12.